The lowest BCUT2D eigenvalue weighted by molar-refractivity contribution is 0.0938. The van der Waals surface area contributed by atoms with E-state index in [1.165, 1.54) is 7.11 Å². The molecule has 0 radical (unpaired) electrons. The number of rotatable bonds is 6. The van der Waals surface area contributed by atoms with Gasteiger partial charge in [-0.2, -0.15) is 5.01 Å². The topological polar surface area (TPSA) is 78.0 Å². The van der Waals surface area contributed by atoms with Crippen LogP contribution in [0.3, 0.4) is 0 Å². The van der Waals surface area contributed by atoms with E-state index >= 15 is 0 Å². The van der Waals surface area contributed by atoms with Gasteiger partial charge in [0, 0.05) is 49.2 Å². The summed E-state index contributed by atoms with van der Waals surface area (Å²) in [6.07, 6.45) is -0.687. The molecule has 3 aromatic carbocycles. The van der Waals surface area contributed by atoms with Gasteiger partial charge < -0.3 is 9.64 Å². The third-order valence-electron chi connectivity index (χ3n) is 7.15. The second-order valence-corrected chi connectivity index (χ2v) is 9.49. The Labute approximate surface area is 228 Å². The van der Waals surface area contributed by atoms with Crippen molar-refractivity contribution < 1.29 is 14.3 Å². The van der Waals surface area contributed by atoms with E-state index in [1.807, 2.05) is 60.7 Å². The average Bonchev–Trinajstić information content (AvgIpc) is 3.00. The Morgan fingerprint density at radius 2 is 1.49 bits per heavy atom. The first-order chi connectivity index (χ1) is 19.1. The number of carbonyl (C=O) groups excluding carboxylic acids is 2. The summed E-state index contributed by atoms with van der Waals surface area (Å²) in [6.45, 7) is 7.51. The molecule has 0 bridgehead atoms. The zero-order valence-electron chi connectivity index (χ0n) is 22.3. The van der Waals surface area contributed by atoms with Crippen molar-refractivity contribution in [3.8, 4) is 11.3 Å². The number of amides is 2. The Morgan fingerprint density at radius 1 is 0.872 bits per heavy atom. The maximum absolute atomic E-state index is 14.2. The first-order valence-corrected chi connectivity index (χ1v) is 13.2. The molecule has 0 atom stereocenters. The van der Waals surface area contributed by atoms with E-state index in [2.05, 4.69) is 22.1 Å². The molecule has 2 amide bonds. The van der Waals surface area contributed by atoms with Gasteiger partial charge in [0.25, 0.3) is 5.91 Å². The number of anilines is 1. The van der Waals surface area contributed by atoms with Gasteiger partial charge in [-0.25, -0.2) is 9.78 Å². The molecule has 0 saturated carbocycles. The maximum atomic E-state index is 14.2. The van der Waals surface area contributed by atoms with E-state index in [-0.39, 0.29) is 0 Å². The van der Waals surface area contributed by atoms with Gasteiger partial charge in [-0.3, -0.25) is 15.1 Å². The molecule has 200 valence electrons. The number of nitrogens with zero attached hydrogens (tertiary/aromatic N) is 4. The Hall–Kier alpha value is -4.27. The third-order valence-corrected chi connectivity index (χ3v) is 7.15. The van der Waals surface area contributed by atoms with Crippen molar-refractivity contribution in [2.75, 3.05) is 44.8 Å². The summed E-state index contributed by atoms with van der Waals surface area (Å²) in [5.74, 6) is -0.401. The average molecular weight is 524 g/mol. The Balaban J connectivity index is 1.63. The molecule has 1 aliphatic rings. The fourth-order valence-electron chi connectivity index (χ4n) is 5.03. The van der Waals surface area contributed by atoms with E-state index in [0.717, 1.165) is 59.9 Å². The van der Waals surface area contributed by atoms with Crippen molar-refractivity contribution in [2.24, 2.45) is 0 Å². The molecule has 0 unspecified atom stereocenters. The van der Waals surface area contributed by atoms with E-state index in [1.54, 1.807) is 24.3 Å². The number of hydrogen-bond donors (Lipinski definition) is 1. The second kappa shape index (κ2) is 12.1. The standard InChI is InChI=1S/C31H33N5O3/c1-3-34-18-20-35(21-19-34)22-26-28(30(37)33-36(31(38)39-2)24-14-8-5-9-15-24)25-16-10-11-17-27(25)32-29(26)23-12-6-4-7-13-23/h4-17H,3,18-22H2,1-2H3,(H,33,37). The predicted molar refractivity (Wildman–Crippen MR) is 153 cm³/mol. The Morgan fingerprint density at radius 3 is 2.15 bits per heavy atom. The van der Waals surface area contributed by atoms with Crippen LogP contribution < -0.4 is 10.4 Å². The SMILES string of the molecule is CCN1CCN(Cc2c(-c3ccccc3)nc3ccccc3c2C(=O)NN(C(=O)OC)c2ccccc2)CC1. The minimum atomic E-state index is -0.687. The Bertz CT molecular complexity index is 1440. The first-order valence-electron chi connectivity index (χ1n) is 13.2. The summed E-state index contributed by atoms with van der Waals surface area (Å²) in [5.41, 5.74) is 7.08. The number of ether oxygens (including phenoxy) is 1. The predicted octanol–water partition coefficient (Wildman–Crippen LogP) is 4.96. The molecule has 1 N–H and O–H groups in total. The quantitative estimate of drug-likeness (QED) is 0.360. The summed E-state index contributed by atoms with van der Waals surface area (Å²) in [4.78, 5) is 36.8. The summed E-state index contributed by atoms with van der Waals surface area (Å²) >= 11 is 0. The molecule has 2 heterocycles. The number of methoxy groups -OCH3 is 1. The molecule has 1 fully saturated rings. The molecule has 8 heteroatoms. The van der Waals surface area contributed by atoms with Crippen LogP contribution in [0.4, 0.5) is 10.5 Å². The van der Waals surface area contributed by atoms with Crippen LogP contribution in [0.5, 0.6) is 0 Å². The minimum absolute atomic E-state index is 0.401. The van der Waals surface area contributed by atoms with Crippen molar-refractivity contribution >= 4 is 28.6 Å². The van der Waals surface area contributed by atoms with Gasteiger partial charge >= 0.3 is 6.09 Å². The molecule has 0 spiro atoms. The number of carbonyl (C=O) groups is 2. The van der Waals surface area contributed by atoms with Crippen LogP contribution in [0.25, 0.3) is 22.2 Å². The fraction of sp³-hybridized carbons (Fsp3) is 0.258. The van der Waals surface area contributed by atoms with Crippen molar-refractivity contribution in [2.45, 2.75) is 13.5 Å². The molecule has 8 nitrogen and oxygen atoms in total. The van der Waals surface area contributed by atoms with Crippen LogP contribution in [0.1, 0.15) is 22.8 Å². The smallest absolute Gasteiger partial charge is 0.433 e. The highest BCUT2D eigenvalue weighted by Gasteiger charge is 2.27. The molecule has 39 heavy (non-hydrogen) atoms. The summed E-state index contributed by atoms with van der Waals surface area (Å²) in [7, 11) is 1.29. The molecule has 0 aliphatic carbocycles. The van der Waals surface area contributed by atoms with Crippen LogP contribution in [0.2, 0.25) is 0 Å². The van der Waals surface area contributed by atoms with E-state index in [4.69, 9.17) is 9.72 Å². The zero-order chi connectivity index (χ0) is 27.2. The Kier molecular flexibility index (Phi) is 8.15. The number of nitrogens with one attached hydrogen (secondary N) is 1. The van der Waals surface area contributed by atoms with Crippen LogP contribution in [-0.2, 0) is 11.3 Å². The molecular weight excluding hydrogens is 490 g/mol. The van der Waals surface area contributed by atoms with Crippen LogP contribution >= 0.6 is 0 Å². The number of fused-ring (bicyclic) bond motifs is 1. The van der Waals surface area contributed by atoms with Crippen molar-refractivity contribution in [1.29, 1.82) is 0 Å². The van der Waals surface area contributed by atoms with E-state index in [9.17, 15) is 9.59 Å². The van der Waals surface area contributed by atoms with Gasteiger partial charge in [-0.15, -0.1) is 0 Å². The lowest BCUT2D eigenvalue weighted by Gasteiger charge is -2.34. The number of benzene rings is 3. The van der Waals surface area contributed by atoms with Gasteiger partial charge in [0.15, 0.2) is 0 Å². The second-order valence-electron chi connectivity index (χ2n) is 9.49. The summed E-state index contributed by atoms with van der Waals surface area (Å²) in [5, 5.41) is 1.87. The highest BCUT2D eigenvalue weighted by Crippen LogP contribution is 2.32. The fourth-order valence-corrected chi connectivity index (χ4v) is 5.03. The van der Waals surface area contributed by atoms with Gasteiger partial charge in [-0.05, 0) is 24.7 Å². The van der Waals surface area contributed by atoms with Gasteiger partial charge in [-0.1, -0.05) is 73.7 Å². The minimum Gasteiger partial charge on any atom is -0.451 e. The number of pyridine rings is 1. The van der Waals surface area contributed by atoms with Crippen molar-refractivity contribution in [3.05, 3.63) is 96.1 Å². The first kappa shape index (κ1) is 26.3. The molecule has 5 rings (SSSR count). The lowest BCUT2D eigenvalue weighted by atomic mass is 9.95. The van der Waals surface area contributed by atoms with E-state index < -0.39 is 12.0 Å². The van der Waals surface area contributed by atoms with Gasteiger partial charge in [0.2, 0.25) is 0 Å². The monoisotopic (exact) mass is 523 g/mol. The highest BCUT2D eigenvalue weighted by molar-refractivity contribution is 6.10. The lowest BCUT2D eigenvalue weighted by Crippen LogP contribution is -2.47. The molecule has 1 aliphatic heterocycles. The maximum Gasteiger partial charge on any atom is 0.433 e. The number of likely N-dealkylation sites (N-methyl/N-ethyl adjacent to an activating group) is 1. The summed E-state index contributed by atoms with van der Waals surface area (Å²) < 4.78 is 5.00. The number of para-hydroxylation sites is 2. The van der Waals surface area contributed by atoms with Gasteiger partial charge in [0.05, 0.1) is 29.6 Å². The number of hydrazine groups is 1. The molecule has 4 aromatic rings. The highest BCUT2D eigenvalue weighted by atomic mass is 16.5. The van der Waals surface area contributed by atoms with Crippen molar-refractivity contribution in [1.82, 2.24) is 20.2 Å². The number of piperazine rings is 1. The largest absolute Gasteiger partial charge is 0.451 e. The number of aromatic nitrogens is 1. The van der Waals surface area contributed by atoms with Crippen molar-refractivity contribution in [3.63, 3.8) is 0 Å². The third kappa shape index (κ3) is 5.77. The van der Waals surface area contributed by atoms with Gasteiger partial charge in [0.1, 0.15) is 0 Å². The normalized spacial score (nSPS) is 14.2. The molecular formula is C31H33N5O3. The van der Waals surface area contributed by atoms with E-state index in [0.29, 0.717) is 23.3 Å². The van der Waals surface area contributed by atoms with Crippen LogP contribution in [-0.4, -0.2) is 66.6 Å². The van der Waals surface area contributed by atoms with Crippen LogP contribution in [0, 0.1) is 0 Å². The van der Waals surface area contributed by atoms with Crippen LogP contribution in [0.15, 0.2) is 84.9 Å². The zero-order valence-corrected chi connectivity index (χ0v) is 22.3. The molecule has 1 aromatic heterocycles. The molecule has 1 saturated heterocycles. The summed E-state index contributed by atoms with van der Waals surface area (Å²) in [6, 6.07) is 26.5. The number of hydrogen-bond acceptors (Lipinski definition) is 6.